The predicted molar refractivity (Wildman–Crippen MR) is 59.1 cm³/mol. The molecule has 0 spiro atoms. The van der Waals surface area contributed by atoms with E-state index < -0.39 is 0 Å². The molecule has 0 N–H and O–H groups in total. The molecule has 0 aliphatic heterocycles. The Labute approximate surface area is 98.4 Å². The number of aryl methyl sites for hydroxylation is 2. The van der Waals surface area contributed by atoms with Crippen molar-refractivity contribution >= 4 is 0 Å². The van der Waals surface area contributed by atoms with Crippen molar-refractivity contribution in [3.05, 3.63) is 41.3 Å². The molecule has 5 heteroatoms. The molecule has 0 saturated heterocycles. The number of ether oxygens (including phenoxy) is 1. The highest BCUT2D eigenvalue weighted by atomic mass is 19.1. The van der Waals surface area contributed by atoms with Gasteiger partial charge in [0.05, 0.1) is 0 Å². The molecule has 1 aromatic carbocycles. The van der Waals surface area contributed by atoms with Crippen molar-refractivity contribution in [2.45, 2.75) is 26.9 Å². The number of halogens is 1. The zero-order valence-electron chi connectivity index (χ0n) is 9.74. The lowest BCUT2D eigenvalue weighted by atomic mass is 10.2. The summed E-state index contributed by atoms with van der Waals surface area (Å²) < 4.78 is 23.5. The fourth-order valence-corrected chi connectivity index (χ4v) is 1.30. The Hall–Kier alpha value is -1.91. The van der Waals surface area contributed by atoms with Gasteiger partial charge in [-0.3, -0.25) is 0 Å². The van der Waals surface area contributed by atoms with Crippen molar-refractivity contribution in [2.75, 3.05) is 0 Å². The van der Waals surface area contributed by atoms with Crippen LogP contribution in [0.5, 0.6) is 5.75 Å². The van der Waals surface area contributed by atoms with Gasteiger partial charge in [-0.1, -0.05) is 18.1 Å². The van der Waals surface area contributed by atoms with E-state index in [-0.39, 0.29) is 12.4 Å². The van der Waals surface area contributed by atoms with E-state index in [9.17, 15) is 4.39 Å². The first-order valence-corrected chi connectivity index (χ1v) is 5.39. The van der Waals surface area contributed by atoms with E-state index >= 15 is 0 Å². The predicted octanol–water partition coefficient (Wildman–Crippen LogP) is 2.66. The van der Waals surface area contributed by atoms with E-state index in [0.717, 1.165) is 0 Å². The average molecular weight is 236 g/mol. The number of aromatic nitrogens is 2. The van der Waals surface area contributed by atoms with Gasteiger partial charge in [0.2, 0.25) is 0 Å². The number of hydrogen-bond donors (Lipinski definition) is 0. The van der Waals surface area contributed by atoms with E-state index in [1.165, 1.54) is 6.07 Å². The van der Waals surface area contributed by atoms with Crippen LogP contribution >= 0.6 is 0 Å². The lowest BCUT2D eigenvalue weighted by molar-refractivity contribution is 0.241. The smallest absolute Gasteiger partial charge is 0.264 e. The maximum atomic E-state index is 13.2. The van der Waals surface area contributed by atoms with E-state index in [2.05, 4.69) is 10.1 Å². The van der Waals surface area contributed by atoms with Crippen molar-refractivity contribution in [1.82, 2.24) is 10.1 Å². The van der Waals surface area contributed by atoms with Crippen molar-refractivity contribution in [3.63, 3.8) is 0 Å². The third-order valence-electron chi connectivity index (χ3n) is 2.33. The molecular weight excluding hydrogens is 223 g/mol. The molecule has 0 bridgehead atoms. The maximum Gasteiger partial charge on any atom is 0.264 e. The monoisotopic (exact) mass is 236 g/mol. The number of hydrogen-bond acceptors (Lipinski definition) is 4. The van der Waals surface area contributed by atoms with Crippen LogP contribution in [0.3, 0.4) is 0 Å². The van der Waals surface area contributed by atoms with Gasteiger partial charge in [0, 0.05) is 12.5 Å². The van der Waals surface area contributed by atoms with Crippen molar-refractivity contribution in [1.29, 1.82) is 0 Å². The second-order valence-electron chi connectivity index (χ2n) is 3.66. The molecule has 1 aromatic heterocycles. The molecule has 2 rings (SSSR count). The Kier molecular flexibility index (Phi) is 3.37. The number of nitrogens with zero attached hydrogens (tertiary/aromatic N) is 2. The van der Waals surface area contributed by atoms with E-state index in [4.69, 9.17) is 9.26 Å². The Morgan fingerprint density at radius 3 is 2.88 bits per heavy atom. The average Bonchev–Trinajstić information content (AvgIpc) is 2.79. The highest BCUT2D eigenvalue weighted by molar-refractivity contribution is 5.27. The van der Waals surface area contributed by atoms with Gasteiger partial charge in [0.1, 0.15) is 11.6 Å². The topological polar surface area (TPSA) is 48.2 Å². The Balaban J connectivity index is 1.99. The quantitative estimate of drug-likeness (QED) is 0.818. The lowest BCUT2D eigenvalue weighted by Crippen LogP contribution is -1.97. The SMILES string of the molecule is CCc1noc(COc2ccc(C)c(F)c2)n1. The Morgan fingerprint density at radius 2 is 2.24 bits per heavy atom. The van der Waals surface area contributed by atoms with Crippen LogP contribution < -0.4 is 4.74 Å². The van der Waals surface area contributed by atoms with Gasteiger partial charge < -0.3 is 9.26 Å². The van der Waals surface area contributed by atoms with Crippen LogP contribution in [0.4, 0.5) is 4.39 Å². The fraction of sp³-hybridized carbons (Fsp3) is 0.333. The summed E-state index contributed by atoms with van der Waals surface area (Å²) in [6.07, 6.45) is 0.711. The second kappa shape index (κ2) is 4.95. The van der Waals surface area contributed by atoms with Crippen LogP contribution in [-0.4, -0.2) is 10.1 Å². The minimum atomic E-state index is -0.290. The fourth-order valence-electron chi connectivity index (χ4n) is 1.30. The summed E-state index contributed by atoms with van der Waals surface area (Å²) in [5.74, 6) is 1.19. The molecule has 0 aliphatic carbocycles. The minimum Gasteiger partial charge on any atom is -0.484 e. The standard InChI is InChI=1S/C12H13FN2O2/c1-3-11-14-12(17-15-11)7-16-9-5-4-8(2)10(13)6-9/h4-6H,3,7H2,1-2H3. The van der Waals surface area contributed by atoms with Crippen LogP contribution in [0.25, 0.3) is 0 Å². The first-order valence-electron chi connectivity index (χ1n) is 5.39. The van der Waals surface area contributed by atoms with Crippen LogP contribution in [-0.2, 0) is 13.0 Å². The van der Waals surface area contributed by atoms with Gasteiger partial charge in [-0.2, -0.15) is 4.98 Å². The molecule has 4 nitrogen and oxygen atoms in total. The first-order chi connectivity index (χ1) is 8.19. The maximum absolute atomic E-state index is 13.2. The van der Waals surface area contributed by atoms with E-state index in [1.54, 1.807) is 19.1 Å². The second-order valence-corrected chi connectivity index (χ2v) is 3.66. The summed E-state index contributed by atoms with van der Waals surface area (Å²) in [5, 5.41) is 3.74. The van der Waals surface area contributed by atoms with Gasteiger partial charge >= 0.3 is 0 Å². The normalized spacial score (nSPS) is 10.5. The van der Waals surface area contributed by atoms with Gasteiger partial charge in [-0.05, 0) is 18.6 Å². The van der Waals surface area contributed by atoms with Crippen LogP contribution in [0.15, 0.2) is 22.7 Å². The number of benzene rings is 1. The molecule has 90 valence electrons. The molecule has 0 aliphatic rings. The molecule has 0 fully saturated rings. The van der Waals surface area contributed by atoms with E-state index in [1.807, 2.05) is 6.92 Å². The molecule has 2 aromatic rings. The summed E-state index contributed by atoms with van der Waals surface area (Å²) >= 11 is 0. The number of rotatable bonds is 4. The molecular formula is C12H13FN2O2. The molecule has 0 saturated carbocycles. The van der Waals surface area contributed by atoms with Crippen molar-refractivity contribution in [2.24, 2.45) is 0 Å². The largest absolute Gasteiger partial charge is 0.484 e. The first kappa shape index (κ1) is 11.6. The third kappa shape index (κ3) is 2.81. The molecule has 0 radical (unpaired) electrons. The van der Waals surface area contributed by atoms with Crippen LogP contribution in [0, 0.1) is 12.7 Å². The lowest BCUT2D eigenvalue weighted by Gasteiger charge is -2.03. The third-order valence-corrected chi connectivity index (χ3v) is 2.33. The highest BCUT2D eigenvalue weighted by Crippen LogP contribution is 2.16. The van der Waals surface area contributed by atoms with Crippen LogP contribution in [0.1, 0.15) is 24.2 Å². The summed E-state index contributed by atoms with van der Waals surface area (Å²) in [6, 6.07) is 4.71. The zero-order chi connectivity index (χ0) is 12.3. The van der Waals surface area contributed by atoms with Gasteiger partial charge in [-0.15, -0.1) is 0 Å². The molecule has 0 amide bonds. The van der Waals surface area contributed by atoms with Gasteiger partial charge in [-0.25, -0.2) is 4.39 Å². The minimum absolute atomic E-state index is 0.148. The summed E-state index contributed by atoms with van der Waals surface area (Å²) in [4.78, 5) is 4.09. The molecule has 17 heavy (non-hydrogen) atoms. The molecule has 0 atom stereocenters. The van der Waals surface area contributed by atoms with Gasteiger partial charge in [0.15, 0.2) is 12.4 Å². The Morgan fingerprint density at radius 1 is 1.41 bits per heavy atom. The molecule has 0 unspecified atom stereocenters. The van der Waals surface area contributed by atoms with Crippen molar-refractivity contribution < 1.29 is 13.7 Å². The Bertz CT molecular complexity index is 511. The van der Waals surface area contributed by atoms with Crippen molar-refractivity contribution in [3.8, 4) is 5.75 Å². The highest BCUT2D eigenvalue weighted by Gasteiger charge is 2.06. The zero-order valence-corrected chi connectivity index (χ0v) is 9.74. The van der Waals surface area contributed by atoms with Gasteiger partial charge in [0.25, 0.3) is 5.89 Å². The van der Waals surface area contributed by atoms with E-state index in [0.29, 0.717) is 29.4 Å². The summed E-state index contributed by atoms with van der Waals surface area (Å²) in [5.41, 5.74) is 0.586. The molecule has 1 heterocycles. The summed E-state index contributed by atoms with van der Waals surface area (Å²) in [7, 11) is 0. The van der Waals surface area contributed by atoms with Crippen LogP contribution in [0.2, 0.25) is 0 Å². The summed E-state index contributed by atoms with van der Waals surface area (Å²) in [6.45, 7) is 3.78.